The fourth-order valence-corrected chi connectivity index (χ4v) is 3.14. The van der Waals surface area contributed by atoms with Gasteiger partial charge in [-0.15, -0.1) is 0 Å². The molecule has 2 aromatic rings. The normalized spacial score (nSPS) is 13.6. The molecular formula is C17H16N4O3S. The molecule has 0 saturated carbocycles. The first-order chi connectivity index (χ1) is 12.1. The van der Waals surface area contributed by atoms with Crippen LogP contribution in [0, 0.1) is 11.3 Å². The zero-order valence-corrected chi connectivity index (χ0v) is 14.6. The van der Waals surface area contributed by atoms with Gasteiger partial charge in [0.2, 0.25) is 0 Å². The van der Waals surface area contributed by atoms with Gasteiger partial charge in [-0.2, -0.15) is 5.26 Å². The summed E-state index contributed by atoms with van der Waals surface area (Å²) < 4.78 is 10.2. The van der Waals surface area contributed by atoms with Crippen LogP contribution in [0.15, 0.2) is 29.4 Å². The highest BCUT2D eigenvalue weighted by atomic mass is 32.2. The van der Waals surface area contributed by atoms with E-state index in [1.807, 2.05) is 12.1 Å². The van der Waals surface area contributed by atoms with E-state index in [0.29, 0.717) is 29.8 Å². The van der Waals surface area contributed by atoms with E-state index in [0.717, 1.165) is 16.9 Å². The van der Waals surface area contributed by atoms with Gasteiger partial charge < -0.3 is 14.8 Å². The number of carbonyl (C=O) groups excluding carboxylic acids is 1. The molecule has 0 saturated heterocycles. The van der Waals surface area contributed by atoms with Gasteiger partial charge in [0.1, 0.15) is 11.1 Å². The van der Waals surface area contributed by atoms with Crippen molar-refractivity contribution in [2.75, 3.05) is 12.4 Å². The minimum atomic E-state index is -0.409. The second-order valence-electron chi connectivity index (χ2n) is 5.37. The molecule has 1 aromatic carbocycles. The van der Waals surface area contributed by atoms with E-state index in [1.54, 1.807) is 19.1 Å². The first-order valence-electron chi connectivity index (χ1n) is 7.60. The highest BCUT2D eigenvalue weighted by Crippen LogP contribution is 2.31. The molecule has 0 fully saturated rings. The molecule has 1 unspecified atom stereocenters. The van der Waals surface area contributed by atoms with Gasteiger partial charge in [-0.1, -0.05) is 11.8 Å². The lowest BCUT2D eigenvalue weighted by molar-refractivity contribution is -0.139. The number of nitrogens with zero attached hydrogens (tertiary/aromatic N) is 3. The Bertz CT molecular complexity index is 833. The van der Waals surface area contributed by atoms with E-state index in [1.165, 1.54) is 18.9 Å². The smallest absolute Gasteiger partial charge is 0.318 e. The lowest BCUT2D eigenvalue weighted by Crippen LogP contribution is -2.15. The summed E-state index contributed by atoms with van der Waals surface area (Å²) in [7, 11) is 1.36. The van der Waals surface area contributed by atoms with Crippen LogP contribution in [0.1, 0.15) is 23.7 Å². The Morgan fingerprint density at radius 1 is 1.36 bits per heavy atom. The third-order valence-electron chi connectivity index (χ3n) is 3.65. The van der Waals surface area contributed by atoms with Gasteiger partial charge >= 0.3 is 5.97 Å². The van der Waals surface area contributed by atoms with Crippen molar-refractivity contribution in [2.45, 2.75) is 30.5 Å². The summed E-state index contributed by atoms with van der Waals surface area (Å²) in [6, 6.07) is 9.17. The van der Waals surface area contributed by atoms with Crippen molar-refractivity contribution in [1.29, 1.82) is 5.26 Å². The van der Waals surface area contributed by atoms with Crippen molar-refractivity contribution in [3.8, 4) is 6.07 Å². The Hall–Kier alpha value is -2.63. The van der Waals surface area contributed by atoms with Crippen molar-refractivity contribution in [2.24, 2.45) is 0 Å². The van der Waals surface area contributed by atoms with E-state index in [4.69, 9.17) is 14.7 Å². The highest BCUT2D eigenvalue weighted by molar-refractivity contribution is 8.00. The van der Waals surface area contributed by atoms with Crippen molar-refractivity contribution in [3.05, 3.63) is 41.1 Å². The van der Waals surface area contributed by atoms with E-state index in [9.17, 15) is 4.79 Å². The first kappa shape index (κ1) is 17.2. The van der Waals surface area contributed by atoms with Crippen molar-refractivity contribution >= 4 is 29.2 Å². The number of hydrogen-bond donors (Lipinski definition) is 1. The van der Waals surface area contributed by atoms with E-state index >= 15 is 0 Å². The summed E-state index contributed by atoms with van der Waals surface area (Å²) in [5.74, 6) is 0.318. The highest BCUT2D eigenvalue weighted by Gasteiger charge is 2.23. The molecule has 128 valence electrons. The van der Waals surface area contributed by atoms with Crippen LogP contribution in [-0.2, 0) is 27.5 Å². The number of thioether (sulfide) groups is 1. The van der Waals surface area contributed by atoms with Crippen LogP contribution < -0.4 is 5.32 Å². The Balaban J connectivity index is 1.87. The molecule has 7 nitrogen and oxygen atoms in total. The van der Waals surface area contributed by atoms with Gasteiger partial charge in [0.25, 0.3) is 0 Å². The largest absolute Gasteiger partial charge is 0.468 e. The van der Waals surface area contributed by atoms with Gasteiger partial charge in [-0.25, -0.2) is 9.97 Å². The lowest BCUT2D eigenvalue weighted by Gasteiger charge is -2.13. The van der Waals surface area contributed by atoms with E-state index < -0.39 is 5.25 Å². The zero-order valence-electron chi connectivity index (χ0n) is 13.8. The summed E-state index contributed by atoms with van der Waals surface area (Å²) >= 11 is 1.24. The number of benzene rings is 1. The van der Waals surface area contributed by atoms with Crippen LogP contribution in [0.3, 0.4) is 0 Å². The number of carbonyl (C=O) groups is 1. The summed E-state index contributed by atoms with van der Waals surface area (Å²) in [6.07, 6.45) is 0. The van der Waals surface area contributed by atoms with E-state index in [-0.39, 0.29) is 5.97 Å². The van der Waals surface area contributed by atoms with Gasteiger partial charge in [0.05, 0.1) is 37.7 Å². The molecule has 1 aliphatic heterocycles. The molecule has 0 spiro atoms. The molecule has 1 N–H and O–H groups in total. The van der Waals surface area contributed by atoms with Crippen LogP contribution in [0.4, 0.5) is 11.5 Å². The zero-order chi connectivity index (χ0) is 17.8. The van der Waals surface area contributed by atoms with Gasteiger partial charge in [0, 0.05) is 11.3 Å². The maximum absolute atomic E-state index is 11.6. The number of fused-ring (bicyclic) bond motifs is 1. The SMILES string of the molecule is COC(=O)C(C)Sc1nc2c(c(Nc3ccc(C#N)cc3)n1)COC2. The molecule has 1 aliphatic rings. The van der Waals surface area contributed by atoms with Gasteiger partial charge in [-0.3, -0.25) is 4.79 Å². The van der Waals surface area contributed by atoms with Gasteiger partial charge in [0.15, 0.2) is 5.16 Å². The number of ether oxygens (including phenoxy) is 2. The molecule has 0 radical (unpaired) electrons. The maximum atomic E-state index is 11.6. The molecule has 1 aromatic heterocycles. The number of rotatable bonds is 5. The number of hydrogen-bond acceptors (Lipinski definition) is 8. The summed E-state index contributed by atoms with van der Waals surface area (Å²) in [5.41, 5.74) is 3.11. The molecule has 0 bridgehead atoms. The van der Waals surface area contributed by atoms with Crippen LogP contribution in [0.5, 0.6) is 0 Å². The third-order valence-corrected chi connectivity index (χ3v) is 4.59. The molecular weight excluding hydrogens is 340 g/mol. The molecule has 1 atom stereocenters. The van der Waals surface area contributed by atoms with Crippen LogP contribution in [0.2, 0.25) is 0 Å². The molecule has 0 amide bonds. The second kappa shape index (κ2) is 7.51. The topological polar surface area (TPSA) is 97.1 Å². The van der Waals surface area contributed by atoms with Crippen LogP contribution >= 0.6 is 11.8 Å². The minimum Gasteiger partial charge on any atom is -0.468 e. The second-order valence-corrected chi connectivity index (χ2v) is 6.68. The Labute approximate surface area is 149 Å². The number of anilines is 2. The average Bonchev–Trinajstić information content (AvgIpc) is 3.10. The molecule has 0 aliphatic carbocycles. The molecule has 25 heavy (non-hydrogen) atoms. The summed E-state index contributed by atoms with van der Waals surface area (Å²) in [6.45, 7) is 2.60. The fourth-order valence-electron chi connectivity index (χ4n) is 2.32. The number of esters is 1. The van der Waals surface area contributed by atoms with Crippen LogP contribution in [-0.4, -0.2) is 28.3 Å². The summed E-state index contributed by atoms with van der Waals surface area (Å²) in [5, 5.41) is 12.2. The number of nitriles is 1. The molecule has 8 heteroatoms. The predicted octanol–water partition coefficient (Wildman–Crippen LogP) is 2.78. The minimum absolute atomic E-state index is 0.327. The average molecular weight is 356 g/mol. The van der Waals surface area contributed by atoms with Crippen molar-refractivity contribution in [3.63, 3.8) is 0 Å². The number of methoxy groups -OCH3 is 1. The quantitative estimate of drug-likeness (QED) is 0.496. The summed E-state index contributed by atoms with van der Waals surface area (Å²) in [4.78, 5) is 20.6. The Morgan fingerprint density at radius 3 is 2.80 bits per heavy atom. The third kappa shape index (κ3) is 3.90. The molecule has 2 heterocycles. The molecule has 3 rings (SSSR count). The Kier molecular flexibility index (Phi) is 5.16. The van der Waals surface area contributed by atoms with Crippen LogP contribution in [0.25, 0.3) is 0 Å². The fraction of sp³-hybridized carbons (Fsp3) is 0.294. The van der Waals surface area contributed by atoms with E-state index in [2.05, 4.69) is 21.4 Å². The lowest BCUT2D eigenvalue weighted by atomic mass is 10.2. The van der Waals surface area contributed by atoms with Crippen molar-refractivity contribution in [1.82, 2.24) is 9.97 Å². The van der Waals surface area contributed by atoms with Crippen molar-refractivity contribution < 1.29 is 14.3 Å². The number of aromatic nitrogens is 2. The monoisotopic (exact) mass is 356 g/mol. The van der Waals surface area contributed by atoms with Gasteiger partial charge in [-0.05, 0) is 31.2 Å². The Morgan fingerprint density at radius 2 is 2.12 bits per heavy atom. The number of nitrogens with one attached hydrogen (secondary N) is 1. The standard InChI is InChI=1S/C17H16N4O3S/c1-10(16(22)23-2)25-17-20-14-9-24-8-13(14)15(21-17)19-12-5-3-11(7-18)4-6-12/h3-6,10H,8-9H2,1-2H3,(H,19,20,21). The predicted molar refractivity (Wildman–Crippen MR) is 92.3 cm³/mol. The maximum Gasteiger partial charge on any atom is 0.318 e. The first-order valence-corrected chi connectivity index (χ1v) is 8.48.